The summed E-state index contributed by atoms with van der Waals surface area (Å²) in [7, 11) is 0. The predicted molar refractivity (Wildman–Crippen MR) is 78.2 cm³/mol. The highest BCUT2D eigenvalue weighted by Gasteiger charge is 2.30. The van der Waals surface area contributed by atoms with Crippen LogP contribution in [-0.4, -0.2) is 43.1 Å². The molecule has 1 aromatic rings. The minimum absolute atomic E-state index is 0. The molecule has 0 aromatic heterocycles. The summed E-state index contributed by atoms with van der Waals surface area (Å²) in [6.45, 7) is 3.83. The van der Waals surface area contributed by atoms with Gasteiger partial charge in [-0.2, -0.15) is 13.2 Å². The number of hydrogen-bond acceptors (Lipinski definition) is 3. The zero-order chi connectivity index (χ0) is 15.5. The largest absolute Gasteiger partial charge is 0.484 e. The molecule has 1 amide bonds. The molecule has 22 heavy (non-hydrogen) atoms. The maximum absolute atomic E-state index is 12.4. The van der Waals surface area contributed by atoms with Crippen molar-refractivity contribution in [1.29, 1.82) is 0 Å². The number of carbonyl (C=O) groups is 1. The Hall–Kier alpha value is -1.47. The number of piperazine rings is 1. The molecular formula is C14H18ClF3N2O2. The Kier molecular flexibility index (Phi) is 6.49. The van der Waals surface area contributed by atoms with E-state index in [-0.39, 0.29) is 36.7 Å². The van der Waals surface area contributed by atoms with Crippen LogP contribution in [0, 0.1) is 0 Å². The Morgan fingerprint density at radius 3 is 2.55 bits per heavy atom. The predicted octanol–water partition coefficient (Wildman–Crippen LogP) is 2.33. The molecule has 1 N–H and O–H groups in total. The van der Waals surface area contributed by atoms with Crippen LogP contribution >= 0.6 is 12.4 Å². The summed E-state index contributed by atoms with van der Waals surface area (Å²) in [6, 6.07) is 4.40. The molecule has 1 aliphatic rings. The Morgan fingerprint density at radius 2 is 2.00 bits per heavy atom. The first-order valence-corrected chi connectivity index (χ1v) is 6.68. The van der Waals surface area contributed by atoms with Gasteiger partial charge in [0.2, 0.25) is 0 Å². The van der Waals surface area contributed by atoms with E-state index < -0.39 is 11.7 Å². The van der Waals surface area contributed by atoms with Crippen molar-refractivity contribution in [3.8, 4) is 5.75 Å². The number of amides is 1. The van der Waals surface area contributed by atoms with E-state index in [4.69, 9.17) is 4.74 Å². The van der Waals surface area contributed by atoms with Crippen molar-refractivity contribution >= 4 is 18.3 Å². The summed E-state index contributed by atoms with van der Waals surface area (Å²) in [5.41, 5.74) is -0.739. The standard InChI is InChI=1S/C14H17F3N2O2.ClH/c1-10-8-18-6-7-19(10)13(20)9-21-12-4-2-11(3-5-12)14(15,16)17;/h2-5,10,18H,6-9H2,1H3;1H/t10-;/m1./s1. The van der Waals surface area contributed by atoms with Crippen LogP contribution in [0.3, 0.4) is 0 Å². The molecule has 1 heterocycles. The molecule has 1 aliphatic heterocycles. The van der Waals surface area contributed by atoms with Gasteiger partial charge in [-0.15, -0.1) is 12.4 Å². The monoisotopic (exact) mass is 338 g/mol. The quantitative estimate of drug-likeness (QED) is 0.919. The average molecular weight is 339 g/mol. The van der Waals surface area contributed by atoms with E-state index in [9.17, 15) is 18.0 Å². The van der Waals surface area contributed by atoms with Crippen molar-refractivity contribution in [1.82, 2.24) is 10.2 Å². The molecular weight excluding hydrogens is 321 g/mol. The van der Waals surface area contributed by atoms with Gasteiger partial charge < -0.3 is 15.0 Å². The first kappa shape index (κ1) is 18.6. The highest BCUT2D eigenvalue weighted by molar-refractivity contribution is 5.85. The zero-order valence-corrected chi connectivity index (χ0v) is 12.8. The third kappa shape index (κ3) is 4.78. The van der Waals surface area contributed by atoms with Gasteiger partial charge in [0.25, 0.3) is 5.91 Å². The molecule has 0 spiro atoms. The molecule has 1 saturated heterocycles. The van der Waals surface area contributed by atoms with Crippen molar-refractivity contribution in [2.24, 2.45) is 0 Å². The lowest BCUT2D eigenvalue weighted by Crippen LogP contribution is -2.53. The van der Waals surface area contributed by atoms with Gasteiger partial charge in [-0.25, -0.2) is 0 Å². The van der Waals surface area contributed by atoms with Crippen LogP contribution in [0.1, 0.15) is 12.5 Å². The number of benzene rings is 1. The number of nitrogens with one attached hydrogen (secondary N) is 1. The number of rotatable bonds is 3. The molecule has 124 valence electrons. The number of nitrogens with zero attached hydrogens (tertiary/aromatic N) is 1. The van der Waals surface area contributed by atoms with Gasteiger partial charge in [0.1, 0.15) is 5.75 Å². The second-order valence-electron chi connectivity index (χ2n) is 4.95. The molecule has 2 rings (SSSR count). The molecule has 1 fully saturated rings. The SMILES string of the molecule is C[C@@H]1CNCCN1C(=O)COc1ccc(C(F)(F)F)cc1.Cl. The van der Waals surface area contributed by atoms with E-state index in [0.29, 0.717) is 6.54 Å². The van der Waals surface area contributed by atoms with Crippen LogP contribution in [0.2, 0.25) is 0 Å². The molecule has 8 heteroatoms. The molecule has 4 nitrogen and oxygen atoms in total. The lowest BCUT2D eigenvalue weighted by molar-refractivity contribution is -0.138. The third-order valence-corrected chi connectivity index (χ3v) is 3.37. The Balaban J connectivity index is 0.00000242. The third-order valence-electron chi connectivity index (χ3n) is 3.37. The van der Waals surface area contributed by atoms with Gasteiger partial charge >= 0.3 is 6.18 Å². The van der Waals surface area contributed by atoms with Crippen LogP contribution in [-0.2, 0) is 11.0 Å². The first-order valence-electron chi connectivity index (χ1n) is 6.68. The van der Waals surface area contributed by atoms with Crippen molar-refractivity contribution in [3.05, 3.63) is 29.8 Å². The number of carbonyl (C=O) groups excluding carboxylic acids is 1. The van der Waals surface area contributed by atoms with Crippen molar-refractivity contribution in [3.63, 3.8) is 0 Å². The van der Waals surface area contributed by atoms with E-state index in [0.717, 1.165) is 25.2 Å². The highest BCUT2D eigenvalue weighted by Crippen LogP contribution is 2.30. The Morgan fingerprint density at radius 1 is 1.36 bits per heavy atom. The highest BCUT2D eigenvalue weighted by atomic mass is 35.5. The molecule has 0 aliphatic carbocycles. The van der Waals surface area contributed by atoms with Gasteiger partial charge in [-0.1, -0.05) is 0 Å². The molecule has 0 bridgehead atoms. The fraction of sp³-hybridized carbons (Fsp3) is 0.500. The van der Waals surface area contributed by atoms with Crippen molar-refractivity contribution < 1.29 is 22.7 Å². The molecule has 0 radical (unpaired) electrons. The second-order valence-corrected chi connectivity index (χ2v) is 4.95. The van der Waals surface area contributed by atoms with Crippen molar-refractivity contribution in [2.75, 3.05) is 26.2 Å². The number of alkyl halides is 3. The van der Waals surface area contributed by atoms with Crippen LogP contribution in [0.5, 0.6) is 5.75 Å². The average Bonchev–Trinajstić information content (AvgIpc) is 2.45. The van der Waals surface area contributed by atoms with E-state index >= 15 is 0 Å². The van der Waals surface area contributed by atoms with E-state index in [1.807, 2.05) is 6.92 Å². The minimum atomic E-state index is -4.37. The topological polar surface area (TPSA) is 41.6 Å². The second kappa shape index (κ2) is 7.69. The summed E-state index contributed by atoms with van der Waals surface area (Å²) in [5.74, 6) is 0.0861. The molecule has 1 atom stereocenters. The van der Waals surface area contributed by atoms with Crippen LogP contribution < -0.4 is 10.1 Å². The van der Waals surface area contributed by atoms with Crippen LogP contribution in [0.4, 0.5) is 13.2 Å². The normalized spacial score (nSPS) is 18.5. The maximum Gasteiger partial charge on any atom is 0.416 e. The maximum atomic E-state index is 12.4. The van der Waals surface area contributed by atoms with Gasteiger partial charge in [0, 0.05) is 25.7 Å². The van der Waals surface area contributed by atoms with Gasteiger partial charge in [0.05, 0.1) is 5.56 Å². The first-order chi connectivity index (χ1) is 9.88. The molecule has 1 aromatic carbocycles. The summed E-state index contributed by atoms with van der Waals surface area (Å²) in [4.78, 5) is 13.7. The molecule has 0 saturated carbocycles. The van der Waals surface area contributed by atoms with E-state index in [1.54, 1.807) is 4.90 Å². The fourth-order valence-corrected chi connectivity index (χ4v) is 2.18. The smallest absolute Gasteiger partial charge is 0.416 e. The van der Waals surface area contributed by atoms with Crippen LogP contribution in [0.15, 0.2) is 24.3 Å². The number of halogens is 4. The van der Waals surface area contributed by atoms with E-state index in [2.05, 4.69) is 5.32 Å². The Labute approximate surface area is 133 Å². The number of hydrogen-bond donors (Lipinski definition) is 1. The summed E-state index contributed by atoms with van der Waals surface area (Å²) in [6.07, 6.45) is -4.37. The summed E-state index contributed by atoms with van der Waals surface area (Å²) < 4.78 is 42.5. The number of ether oxygens (including phenoxy) is 1. The molecule has 0 unspecified atom stereocenters. The fourth-order valence-electron chi connectivity index (χ4n) is 2.18. The van der Waals surface area contributed by atoms with Gasteiger partial charge in [-0.05, 0) is 31.2 Å². The zero-order valence-electron chi connectivity index (χ0n) is 12.0. The minimum Gasteiger partial charge on any atom is -0.484 e. The van der Waals surface area contributed by atoms with Gasteiger partial charge in [0.15, 0.2) is 6.61 Å². The Bertz CT molecular complexity index is 494. The van der Waals surface area contributed by atoms with Gasteiger partial charge in [-0.3, -0.25) is 4.79 Å². The summed E-state index contributed by atoms with van der Waals surface area (Å²) >= 11 is 0. The summed E-state index contributed by atoms with van der Waals surface area (Å²) in [5, 5.41) is 3.17. The van der Waals surface area contributed by atoms with E-state index in [1.165, 1.54) is 12.1 Å². The lowest BCUT2D eigenvalue weighted by Gasteiger charge is -2.33. The van der Waals surface area contributed by atoms with Crippen LogP contribution in [0.25, 0.3) is 0 Å². The van der Waals surface area contributed by atoms with Crippen molar-refractivity contribution in [2.45, 2.75) is 19.1 Å². The lowest BCUT2D eigenvalue weighted by atomic mass is 10.2.